The number of halogens is 2. The van der Waals surface area contributed by atoms with E-state index in [0.29, 0.717) is 55.2 Å². The number of hydrogen-bond donors (Lipinski definition) is 1. The van der Waals surface area contributed by atoms with Crippen molar-refractivity contribution in [2.75, 3.05) is 40.1 Å². The van der Waals surface area contributed by atoms with Crippen molar-refractivity contribution in [3.63, 3.8) is 0 Å². The van der Waals surface area contributed by atoms with Crippen LogP contribution < -0.4 is 10.5 Å². The molecule has 0 radical (unpaired) electrons. The van der Waals surface area contributed by atoms with Gasteiger partial charge >= 0.3 is 0 Å². The van der Waals surface area contributed by atoms with E-state index in [1.54, 1.807) is 13.2 Å². The Morgan fingerprint density at radius 3 is 2.60 bits per heavy atom. The summed E-state index contributed by atoms with van der Waals surface area (Å²) in [5.74, 6) is 0.641. The van der Waals surface area contributed by atoms with E-state index in [9.17, 15) is 0 Å². The molecular formula is C14H21Cl2NO3. The van der Waals surface area contributed by atoms with Gasteiger partial charge in [0.25, 0.3) is 0 Å². The number of benzene rings is 1. The fourth-order valence-corrected chi connectivity index (χ4v) is 2.32. The molecule has 0 aliphatic rings. The summed E-state index contributed by atoms with van der Waals surface area (Å²) in [5.41, 5.74) is 6.49. The van der Waals surface area contributed by atoms with Gasteiger partial charge in [-0.3, -0.25) is 0 Å². The third-order valence-corrected chi connectivity index (χ3v) is 3.11. The Hall–Kier alpha value is -0.520. The van der Waals surface area contributed by atoms with E-state index >= 15 is 0 Å². The van der Waals surface area contributed by atoms with Gasteiger partial charge in [-0.2, -0.15) is 0 Å². The molecule has 0 heterocycles. The second kappa shape index (κ2) is 10.2. The molecule has 0 bridgehead atoms. The van der Waals surface area contributed by atoms with E-state index in [1.165, 1.54) is 0 Å². The number of hydrogen-bond acceptors (Lipinski definition) is 4. The summed E-state index contributed by atoms with van der Waals surface area (Å²) in [6, 6.07) is 3.49. The van der Waals surface area contributed by atoms with E-state index in [-0.39, 0.29) is 0 Å². The van der Waals surface area contributed by atoms with Crippen molar-refractivity contribution in [1.29, 1.82) is 0 Å². The molecule has 0 atom stereocenters. The van der Waals surface area contributed by atoms with Crippen molar-refractivity contribution in [3.8, 4) is 5.75 Å². The molecule has 1 aromatic carbocycles. The van der Waals surface area contributed by atoms with Crippen LogP contribution in [-0.4, -0.2) is 40.1 Å². The molecule has 1 rings (SSSR count). The highest BCUT2D eigenvalue weighted by atomic mass is 35.5. The van der Waals surface area contributed by atoms with Crippen LogP contribution in [0.25, 0.3) is 0 Å². The van der Waals surface area contributed by atoms with Crippen LogP contribution in [0.1, 0.15) is 12.0 Å². The maximum absolute atomic E-state index is 6.14. The fourth-order valence-electron chi connectivity index (χ4n) is 1.73. The molecule has 0 saturated carbocycles. The zero-order chi connectivity index (χ0) is 14.8. The zero-order valence-electron chi connectivity index (χ0n) is 11.7. The Morgan fingerprint density at radius 2 is 1.90 bits per heavy atom. The molecule has 2 N–H and O–H groups in total. The van der Waals surface area contributed by atoms with Crippen molar-refractivity contribution < 1.29 is 14.2 Å². The molecule has 0 saturated heterocycles. The lowest BCUT2D eigenvalue weighted by Gasteiger charge is -2.13. The lowest BCUT2D eigenvalue weighted by atomic mass is 10.1. The topological polar surface area (TPSA) is 53.7 Å². The van der Waals surface area contributed by atoms with Crippen molar-refractivity contribution >= 4 is 23.2 Å². The van der Waals surface area contributed by atoms with Gasteiger partial charge in [-0.25, -0.2) is 0 Å². The molecular weight excluding hydrogens is 301 g/mol. The van der Waals surface area contributed by atoms with Gasteiger partial charge in [-0.1, -0.05) is 23.2 Å². The molecule has 1 aromatic rings. The summed E-state index contributed by atoms with van der Waals surface area (Å²) in [4.78, 5) is 0. The summed E-state index contributed by atoms with van der Waals surface area (Å²) in [5, 5.41) is 1.09. The first kappa shape index (κ1) is 17.5. The highest BCUT2D eigenvalue weighted by molar-refractivity contribution is 6.35. The third kappa shape index (κ3) is 6.29. The second-order valence-electron chi connectivity index (χ2n) is 4.22. The van der Waals surface area contributed by atoms with Gasteiger partial charge in [-0.15, -0.1) is 0 Å². The van der Waals surface area contributed by atoms with E-state index in [2.05, 4.69) is 0 Å². The zero-order valence-corrected chi connectivity index (χ0v) is 13.2. The van der Waals surface area contributed by atoms with Crippen LogP contribution >= 0.6 is 23.2 Å². The first-order valence-corrected chi connectivity index (χ1v) is 7.32. The Labute approximate surface area is 130 Å². The monoisotopic (exact) mass is 321 g/mol. The first-order valence-electron chi connectivity index (χ1n) is 6.56. The molecule has 114 valence electrons. The van der Waals surface area contributed by atoms with E-state index in [4.69, 9.17) is 43.1 Å². The van der Waals surface area contributed by atoms with Crippen LogP contribution in [-0.2, 0) is 15.9 Å². The number of methoxy groups -OCH3 is 1. The van der Waals surface area contributed by atoms with E-state index < -0.39 is 0 Å². The van der Waals surface area contributed by atoms with Crippen molar-refractivity contribution in [1.82, 2.24) is 0 Å². The summed E-state index contributed by atoms with van der Waals surface area (Å²) in [6.07, 6.45) is 1.54. The minimum absolute atomic E-state index is 0.436. The normalized spacial score (nSPS) is 10.8. The minimum Gasteiger partial charge on any atom is -0.489 e. The summed E-state index contributed by atoms with van der Waals surface area (Å²) >= 11 is 12.1. The summed E-state index contributed by atoms with van der Waals surface area (Å²) in [6.45, 7) is 2.81. The predicted octanol–water partition coefficient (Wildman–Crippen LogP) is 2.93. The van der Waals surface area contributed by atoms with Crippen molar-refractivity contribution in [2.24, 2.45) is 5.73 Å². The first-order chi connectivity index (χ1) is 9.69. The third-order valence-electron chi connectivity index (χ3n) is 2.61. The number of rotatable bonds is 10. The SMILES string of the molecule is COCCCOCCOc1c(Cl)cc(Cl)cc1CCN. The molecule has 0 amide bonds. The summed E-state index contributed by atoms with van der Waals surface area (Å²) < 4.78 is 16.0. The quantitative estimate of drug-likeness (QED) is 0.673. The number of nitrogens with two attached hydrogens (primary N) is 1. The molecule has 0 aromatic heterocycles. The Kier molecular flexibility index (Phi) is 8.98. The van der Waals surface area contributed by atoms with Crippen LogP contribution in [0.2, 0.25) is 10.0 Å². The van der Waals surface area contributed by atoms with Gasteiger partial charge in [0.2, 0.25) is 0 Å². The Bertz CT molecular complexity index is 402. The molecule has 0 aliphatic carbocycles. The Morgan fingerprint density at radius 1 is 1.10 bits per heavy atom. The summed E-state index contributed by atoms with van der Waals surface area (Å²) in [7, 11) is 1.67. The van der Waals surface area contributed by atoms with Crippen LogP contribution in [0.4, 0.5) is 0 Å². The Balaban J connectivity index is 2.42. The van der Waals surface area contributed by atoms with Crippen LogP contribution in [0.15, 0.2) is 12.1 Å². The molecule has 6 heteroatoms. The second-order valence-corrected chi connectivity index (χ2v) is 5.07. The molecule has 4 nitrogen and oxygen atoms in total. The highest BCUT2D eigenvalue weighted by Crippen LogP contribution is 2.32. The maximum atomic E-state index is 6.14. The molecule has 20 heavy (non-hydrogen) atoms. The molecule has 0 unspecified atom stereocenters. The van der Waals surface area contributed by atoms with Crippen molar-refractivity contribution in [3.05, 3.63) is 27.7 Å². The largest absolute Gasteiger partial charge is 0.489 e. The van der Waals surface area contributed by atoms with Gasteiger partial charge < -0.3 is 19.9 Å². The van der Waals surface area contributed by atoms with Crippen molar-refractivity contribution in [2.45, 2.75) is 12.8 Å². The highest BCUT2D eigenvalue weighted by Gasteiger charge is 2.10. The van der Waals surface area contributed by atoms with Crippen LogP contribution in [0, 0.1) is 0 Å². The lowest BCUT2D eigenvalue weighted by molar-refractivity contribution is 0.0804. The van der Waals surface area contributed by atoms with Crippen LogP contribution in [0.5, 0.6) is 5.75 Å². The smallest absolute Gasteiger partial charge is 0.141 e. The predicted molar refractivity (Wildman–Crippen MR) is 82.0 cm³/mol. The maximum Gasteiger partial charge on any atom is 0.141 e. The number of ether oxygens (including phenoxy) is 3. The molecule has 0 spiro atoms. The lowest BCUT2D eigenvalue weighted by Crippen LogP contribution is -2.11. The average molecular weight is 322 g/mol. The van der Waals surface area contributed by atoms with Gasteiger partial charge in [0.1, 0.15) is 12.4 Å². The standard InChI is InChI=1S/C14H21Cl2NO3/c1-18-5-2-6-19-7-8-20-14-11(3-4-17)9-12(15)10-13(14)16/h9-10H,2-8,17H2,1H3. The fraction of sp³-hybridized carbons (Fsp3) is 0.571. The van der Waals surface area contributed by atoms with Gasteiger partial charge in [-0.05, 0) is 37.1 Å². The molecule has 0 fully saturated rings. The van der Waals surface area contributed by atoms with E-state index in [1.807, 2.05) is 6.07 Å². The van der Waals surface area contributed by atoms with Crippen LogP contribution in [0.3, 0.4) is 0 Å². The minimum atomic E-state index is 0.436. The average Bonchev–Trinajstić information content (AvgIpc) is 2.40. The van der Waals surface area contributed by atoms with Gasteiger partial charge in [0, 0.05) is 25.3 Å². The van der Waals surface area contributed by atoms with E-state index in [0.717, 1.165) is 12.0 Å². The molecule has 0 aliphatic heterocycles. The van der Waals surface area contributed by atoms with Gasteiger partial charge in [0.15, 0.2) is 0 Å². The van der Waals surface area contributed by atoms with Gasteiger partial charge in [0.05, 0.1) is 11.6 Å².